The summed E-state index contributed by atoms with van der Waals surface area (Å²) in [4.78, 5) is 34.6. The van der Waals surface area contributed by atoms with Crippen LogP contribution in [0.5, 0.6) is 0 Å². The number of hydrogen-bond acceptors (Lipinski definition) is 10. The summed E-state index contributed by atoms with van der Waals surface area (Å²) in [6, 6.07) is 9.73. The van der Waals surface area contributed by atoms with Gasteiger partial charge in [-0.15, -0.1) is 0 Å². The number of nitrogens with zero attached hydrogens (tertiary/aromatic N) is 4. The largest absolute Gasteiger partial charge is 0.477 e. The van der Waals surface area contributed by atoms with Crippen molar-refractivity contribution in [3.05, 3.63) is 59.2 Å². The molecule has 3 rings (SSSR count). The molecule has 0 saturated heterocycles. The Kier molecular flexibility index (Phi) is 12.7. The van der Waals surface area contributed by atoms with Crippen LogP contribution in [0.25, 0.3) is 0 Å². The van der Waals surface area contributed by atoms with E-state index in [1.165, 1.54) is 12.1 Å². The maximum atomic E-state index is 11.2. The number of carboxylic acid groups (broad SMARTS) is 2. The molecule has 39 heavy (non-hydrogen) atoms. The predicted octanol–water partition coefficient (Wildman–Crippen LogP) is 1.12. The van der Waals surface area contributed by atoms with Crippen molar-refractivity contribution >= 4 is 11.9 Å². The molecule has 1 aliphatic carbocycles. The molecule has 0 aliphatic heterocycles. The molecule has 2 atom stereocenters. The quantitative estimate of drug-likeness (QED) is 0.211. The van der Waals surface area contributed by atoms with E-state index in [0.29, 0.717) is 63.9 Å². The first-order chi connectivity index (χ1) is 18.9. The SMILES string of the molecule is O=C(O)c1cccc(CN(CCO)CCO[C@@H]2CCC[C@H]2OCCN(CCO)Cc2cccc(C(=O)O)n2)n1. The molecular formula is C27H38N4O8. The highest BCUT2D eigenvalue weighted by molar-refractivity contribution is 5.85. The second kappa shape index (κ2) is 16.2. The van der Waals surface area contributed by atoms with Crippen molar-refractivity contribution in [1.82, 2.24) is 19.8 Å². The minimum Gasteiger partial charge on any atom is -0.477 e. The Bertz CT molecular complexity index is 974. The van der Waals surface area contributed by atoms with Crippen molar-refractivity contribution in [3.8, 4) is 0 Å². The van der Waals surface area contributed by atoms with Crippen LogP contribution in [0.3, 0.4) is 0 Å². The smallest absolute Gasteiger partial charge is 0.354 e. The first-order valence-corrected chi connectivity index (χ1v) is 13.2. The van der Waals surface area contributed by atoms with Gasteiger partial charge in [-0.1, -0.05) is 12.1 Å². The summed E-state index contributed by atoms with van der Waals surface area (Å²) in [6.07, 6.45) is 2.68. The summed E-state index contributed by atoms with van der Waals surface area (Å²) < 4.78 is 12.3. The molecule has 1 aliphatic rings. The number of hydrogen-bond donors (Lipinski definition) is 4. The Morgan fingerprint density at radius 1 is 0.744 bits per heavy atom. The van der Waals surface area contributed by atoms with Crippen molar-refractivity contribution < 1.29 is 39.5 Å². The van der Waals surface area contributed by atoms with Gasteiger partial charge in [0.25, 0.3) is 0 Å². The zero-order chi connectivity index (χ0) is 28.0. The molecule has 4 N–H and O–H groups in total. The average Bonchev–Trinajstić information content (AvgIpc) is 3.36. The first kappa shape index (κ1) is 30.5. The van der Waals surface area contributed by atoms with Crippen molar-refractivity contribution in [3.63, 3.8) is 0 Å². The minimum atomic E-state index is -1.08. The molecule has 1 fully saturated rings. The van der Waals surface area contributed by atoms with Crippen LogP contribution in [-0.2, 0) is 22.6 Å². The summed E-state index contributed by atoms with van der Waals surface area (Å²) in [6.45, 7) is 3.54. The van der Waals surface area contributed by atoms with Crippen LogP contribution in [0.1, 0.15) is 51.6 Å². The second-order valence-corrected chi connectivity index (χ2v) is 9.39. The molecule has 2 heterocycles. The van der Waals surface area contributed by atoms with E-state index in [4.69, 9.17) is 19.7 Å². The Morgan fingerprint density at radius 3 is 1.56 bits per heavy atom. The molecule has 0 aromatic carbocycles. The Hall–Kier alpha value is -3.00. The second-order valence-electron chi connectivity index (χ2n) is 9.39. The van der Waals surface area contributed by atoms with Crippen molar-refractivity contribution in [2.75, 3.05) is 52.6 Å². The normalized spacial score (nSPS) is 17.2. The van der Waals surface area contributed by atoms with Gasteiger partial charge in [-0.2, -0.15) is 0 Å². The van der Waals surface area contributed by atoms with E-state index < -0.39 is 11.9 Å². The Morgan fingerprint density at radius 2 is 1.18 bits per heavy atom. The number of aromatic nitrogens is 2. The number of aliphatic hydroxyl groups is 2. The predicted molar refractivity (Wildman–Crippen MR) is 140 cm³/mol. The lowest BCUT2D eigenvalue weighted by Gasteiger charge is -2.26. The van der Waals surface area contributed by atoms with Crippen molar-refractivity contribution in [1.29, 1.82) is 0 Å². The third kappa shape index (κ3) is 10.2. The molecule has 2 aromatic rings. The lowest BCUT2D eigenvalue weighted by Crippen LogP contribution is -2.35. The molecule has 0 spiro atoms. The fraction of sp³-hybridized carbons (Fsp3) is 0.556. The maximum Gasteiger partial charge on any atom is 0.354 e. The van der Waals surface area contributed by atoms with Gasteiger partial charge < -0.3 is 29.9 Å². The fourth-order valence-corrected chi connectivity index (χ4v) is 4.59. The third-order valence-corrected chi connectivity index (χ3v) is 6.53. The fourth-order valence-electron chi connectivity index (χ4n) is 4.59. The lowest BCUT2D eigenvalue weighted by atomic mass is 10.2. The van der Waals surface area contributed by atoms with Crippen molar-refractivity contribution in [2.45, 2.75) is 44.6 Å². The third-order valence-electron chi connectivity index (χ3n) is 6.53. The van der Waals surface area contributed by atoms with Crippen LogP contribution >= 0.6 is 0 Å². The molecular weight excluding hydrogens is 508 g/mol. The van der Waals surface area contributed by atoms with Crippen LogP contribution in [0.15, 0.2) is 36.4 Å². The topological polar surface area (TPSA) is 166 Å². The van der Waals surface area contributed by atoms with Crippen LogP contribution in [0, 0.1) is 0 Å². The molecule has 12 heteroatoms. The summed E-state index contributed by atoms with van der Waals surface area (Å²) in [5.41, 5.74) is 1.20. The molecule has 0 bridgehead atoms. The molecule has 2 aromatic heterocycles. The van der Waals surface area contributed by atoms with Crippen LogP contribution in [0.4, 0.5) is 0 Å². The zero-order valence-electron chi connectivity index (χ0n) is 22.0. The van der Waals surface area contributed by atoms with Crippen LogP contribution < -0.4 is 0 Å². The number of ether oxygens (including phenoxy) is 2. The first-order valence-electron chi connectivity index (χ1n) is 13.2. The van der Waals surface area contributed by atoms with Gasteiger partial charge in [-0.3, -0.25) is 9.80 Å². The molecule has 0 radical (unpaired) electrons. The number of carboxylic acids is 2. The highest BCUT2D eigenvalue weighted by atomic mass is 16.5. The highest BCUT2D eigenvalue weighted by Gasteiger charge is 2.29. The molecule has 0 unspecified atom stereocenters. The monoisotopic (exact) mass is 546 g/mol. The minimum absolute atomic E-state index is 0.0127. The van der Waals surface area contributed by atoms with Gasteiger partial charge in [0, 0.05) is 39.3 Å². The van der Waals surface area contributed by atoms with Gasteiger partial charge in [-0.25, -0.2) is 19.6 Å². The van der Waals surface area contributed by atoms with Gasteiger partial charge in [0.15, 0.2) is 0 Å². The molecule has 1 saturated carbocycles. The number of rotatable bonds is 18. The molecule has 0 amide bonds. The van der Waals surface area contributed by atoms with Gasteiger partial charge in [-0.05, 0) is 43.5 Å². The Labute approximate surface area is 227 Å². The van der Waals surface area contributed by atoms with Crippen molar-refractivity contribution in [2.24, 2.45) is 0 Å². The number of aliphatic hydroxyl groups excluding tert-OH is 2. The van der Waals surface area contributed by atoms with E-state index in [-0.39, 0.29) is 36.8 Å². The Balaban J connectivity index is 1.44. The summed E-state index contributed by atoms with van der Waals surface area (Å²) in [5.74, 6) is -2.16. The van der Waals surface area contributed by atoms with Gasteiger partial charge >= 0.3 is 11.9 Å². The van der Waals surface area contributed by atoms with E-state index in [1.54, 1.807) is 24.3 Å². The zero-order valence-corrected chi connectivity index (χ0v) is 22.0. The van der Waals surface area contributed by atoms with Crippen LogP contribution in [0.2, 0.25) is 0 Å². The van der Waals surface area contributed by atoms with E-state index >= 15 is 0 Å². The van der Waals surface area contributed by atoms with E-state index in [0.717, 1.165) is 19.3 Å². The number of carbonyl (C=O) groups is 2. The van der Waals surface area contributed by atoms with E-state index in [2.05, 4.69) is 9.97 Å². The van der Waals surface area contributed by atoms with E-state index in [9.17, 15) is 19.8 Å². The lowest BCUT2D eigenvalue weighted by molar-refractivity contribution is -0.0649. The van der Waals surface area contributed by atoms with Gasteiger partial charge in [0.1, 0.15) is 11.4 Å². The maximum absolute atomic E-state index is 11.2. The number of pyridine rings is 2. The molecule has 12 nitrogen and oxygen atoms in total. The molecule has 214 valence electrons. The summed E-state index contributed by atoms with van der Waals surface area (Å²) in [7, 11) is 0. The summed E-state index contributed by atoms with van der Waals surface area (Å²) >= 11 is 0. The van der Waals surface area contributed by atoms with Gasteiger partial charge in [0.2, 0.25) is 0 Å². The average molecular weight is 547 g/mol. The summed E-state index contributed by atoms with van der Waals surface area (Å²) in [5, 5.41) is 37.2. The van der Waals surface area contributed by atoms with Crippen LogP contribution in [-0.4, -0.2) is 117 Å². The van der Waals surface area contributed by atoms with Gasteiger partial charge in [0.05, 0.1) is 50.0 Å². The van der Waals surface area contributed by atoms with E-state index in [1.807, 2.05) is 9.80 Å². The standard InChI is InChI=1S/C27H38N4O8/c32-14-10-30(18-20-4-1-6-22(28-20)26(34)35)12-16-38-24-8-3-9-25(24)39-17-13-31(11-15-33)19-21-5-2-7-23(29-21)27(36)37/h1-2,4-7,24-25,32-33H,3,8-19H2,(H,34,35)(H,36,37)/t24-,25-/m1/s1. The highest BCUT2D eigenvalue weighted by Crippen LogP contribution is 2.25. The number of aromatic carboxylic acids is 2.